The van der Waals surface area contributed by atoms with Crippen molar-refractivity contribution in [2.24, 2.45) is 0 Å². The Kier molecular flexibility index (Phi) is 7.18. The summed E-state index contributed by atoms with van der Waals surface area (Å²) in [6.07, 6.45) is -0.772. The molecule has 0 saturated carbocycles. The first-order chi connectivity index (χ1) is 18.9. The zero-order valence-electron chi connectivity index (χ0n) is 21.5. The molecule has 2 unspecified atom stereocenters. The van der Waals surface area contributed by atoms with Crippen LogP contribution in [0, 0.1) is 0 Å². The fourth-order valence-corrected chi connectivity index (χ4v) is 4.81. The normalized spacial score (nSPS) is 17.9. The molecule has 39 heavy (non-hydrogen) atoms. The molecular formula is C29H27N3O7. The van der Waals surface area contributed by atoms with Crippen LogP contribution in [0.3, 0.4) is 0 Å². The van der Waals surface area contributed by atoms with Crippen molar-refractivity contribution in [1.82, 2.24) is 15.1 Å². The molecule has 0 spiro atoms. The van der Waals surface area contributed by atoms with Gasteiger partial charge in [0.25, 0.3) is 11.8 Å². The fourth-order valence-electron chi connectivity index (χ4n) is 4.81. The van der Waals surface area contributed by atoms with Crippen molar-refractivity contribution in [2.45, 2.75) is 25.2 Å². The number of hydrogen-bond donors (Lipinski definition) is 1. The number of carbonyl (C=O) groups is 4. The lowest BCUT2D eigenvalue weighted by atomic mass is 9.93. The van der Waals surface area contributed by atoms with Gasteiger partial charge in [-0.1, -0.05) is 42.5 Å². The van der Waals surface area contributed by atoms with Gasteiger partial charge in [-0.15, -0.1) is 0 Å². The third-order valence-corrected chi connectivity index (χ3v) is 6.90. The zero-order chi connectivity index (χ0) is 27.5. The maximum Gasteiger partial charge on any atom is 0.408 e. The van der Waals surface area contributed by atoms with Gasteiger partial charge in [-0.2, -0.15) is 0 Å². The number of ether oxygens (including phenoxy) is 3. The molecule has 2 aliphatic rings. The van der Waals surface area contributed by atoms with Crippen molar-refractivity contribution in [2.75, 3.05) is 20.8 Å². The highest BCUT2D eigenvalue weighted by Crippen LogP contribution is 2.32. The molecule has 2 atom stereocenters. The minimum absolute atomic E-state index is 0.0312. The van der Waals surface area contributed by atoms with Crippen molar-refractivity contribution in [1.29, 1.82) is 0 Å². The van der Waals surface area contributed by atoms with Crippen LogP contribution in [0.15, 0.2) is 72.8 Å². The summed E-state index contributed by atoms with van der Waals surface area (Å²) in [4.78, 5) is 54.6. The van der Waals surface area contributed by atoms with E-state index in [0.29, 0.717) is 28.2 Å². The maximum atomic E-state index is 13.3. The quantitative estimate of drug-likeness (QED) is 0.335. The van der Waals surface area contributed by atoms with Crippen LogP contribution in [0.25, 0.3) is 0 Å². The molecule has 0 aliphatic carbocycles. The van der Waals surface area contributed by atoms with Crippen LogP contribution >= 0.6 is 0 Å². The topological polar surface area (TPSA) is 114 Å². The first-order valence-corrected chi connectivity index (χ1v) is 12.3. The highest BCUT2D eigenvalue weighted by molar-refractivity contribution is 6.21. The summed E-state index contributed by atoms with van der Waals surface area (Å²) in [5.41, 5.74) is 2.11. The minimum atomic E-state index is -0.984. The SMILES string of the molecule is COc1ccc(CN2C(=O)C(NC(=O)OCc3ccccc3)C2CN2C(=O)c3ccccc3C2=O)c(OC)c1. The first-order valence-electron chi connectivity index (χ1n) is 12.3. The highest BCUT2D eigenvalue weighted by atomic mass is 16.5. The average molecular weight is 530 g/mol. The first kappa shape index (κ1) is 25.8. The summed E-state index contributed by atoms with van der Waals surface area (Å²) in [5, 5.41) is 2.62. The van der Waals surface area contributed by atoms with Crippen LogP contribution in [0.2, 0.25) is 0 Å². The predicted octanol–water partition coefficient (Wildman–Crippen LogP) is 3.01. The summed E-state index contributed by atoms with van der Waals surface area (Å²) in [7, 11) is 3.05. The van der Waals surface area contributed by atoms with Gasteiger partial charge < -0.3 is 24.4 Å². The third kappa shape index (κ3) is 5.00. The Hall–Kier alpha value is -4.86. The molecule has 4 amide bonds. The van der Waals surface area contributed by atoms with Crippen LogP contribution in [-0.4, -0.2) is 66.5 Å². The molecule has 1 saturated heterocycles. The molecule has 5 rings (SSSR count). The van der Waals surface area contributed by atoms with E-state index in [0.717, 1.165) is 10.5 Å². The van der Waals surface area contributed by atoms with Gasteiger partial charge in [-0.3, -0.25) is 19.3 Å². The standard InChI is InChI=1S/C29H27N3O7/c1-37-20-13-12-19(24(14-20)38-2)15-31-23(16-32-26(33)21-10-6-7-11-22(21)27(32)34)25(28(31)35)30-29(36)39-17-18-8-4-3-5-9-18/h3-14,23,25H,15-17H2,1-2H3,(H,30,36). The Bertz CT molecular complexity index is 1390. The minimum Gasteiger partial charge on any atom is -0.497 e. The van der Waals surface area contributed by atoms with Crippen molar-refractivity contribution >= 4 is 23.8 Å². The number of benzene rings is 3. The average Bonchev–Trinajstić information content (AvgIpc) is 3.22. The summed E-state index contributed by atoms with van der Waals surface area (Å²) in [6.45, 7) is 0.0701. The van der Waals surface area contributed by atoms with Crippen molar-refractivity contribution in [3.8, 4) is 11.5 Å². The van der Waals surface area contributed by atoms with E-state index in [9.17, 15) is 19.2 Å². The number of carbonyl (C=O) groups excluding carboxylic acids is 4. The molecule has 0 radical (unpaired) electrons. The molecule has 10 heteroatoms. The number of methoxy groups -OCH3 is 2. The number of β-lactam (4-membered cyclic amide) rings is 1. The number of alkyl carbamates (subject to hydrolysis) is 1. The largest absolute Gasteiger partial charge is 0.497 e. The summed E-state index contributed by atoms with van der Waals surface area (Å²) >= 11 is 0. The second-order valence-corrected chi connectivity index (χ2v) is 9.16. The van der Waals surface area contributed by atoms with Crippen LogP contribution in [0.1, 0.15) is 31.8 Å². The number of imide groups is 1. The van der Waals surface area contributed by atoms with Gasteiger partial charge in [0.15, 0.2) is 0 Å². The lowest BCUT2D eigenvalue weighted by Crippen LogP contribution is -2.73. The van der Waals surface area contributed by atoms with Crippen LogP contribution in [-0.2, 0) is 22.7 Å². The van der Waals surface area contributed by atoms with E-state index in [4.69, 9.17) is 14.2 Å². The number of nitrogens with one attached hydrogen (secondary N) is 1. The lowest BCUT2D eigenvalue weighted by molar-refractivity contribution is -0.152. The Morgan fingerprint density at radius 1 is 0.872 bits per heavy atom. The van der Waals surface area contributed by atoms with E-state index >= 15 is 0 Å². The number of fused-ring (bicyclic) bond motifs is 1. The van der Waals surface area contributed by atoms with E-state index in [1.54, 1.807) is 49.6 Å². The molecule has 3 aromatic rings. The summed E-state index contributed by atoms with van der Waals surface area (Å²) < 4.78 is 16.0. The molecule has 2 heterocycles. The molecule has 1 fully saturated rings. The number of nitrogens with zero attached hydrogens (tertiary/aromatic N) is 2. The molecular weight excluding hydrogens is 502 g/mol. The molecule has 200 valence electrons. The van der Waals surface area contributed by atoms with Crippen LogP contribution in [0.5, 0.6) is 11.5 Å². The maximum absolute atomic E-state index is 13.3. The monoisotopic (exact) mass is 529 g/mol. The number of rotatable bonds is 9. The highest BCUT2D eigenvalue weighted by Gasteiger charge is 2.51. The van der Waals surface area contributed by atoms with E-state index in [-0.39, 0.29) is 25.6 Å². The van der Waals surface area contributed by atoms with Gasteiger partial charge in [0.1, 0.15) is 24.1 Å². The smallest absolute Gasteiger partial charge is 0.408 e. The van der Waals surface area contributed by atoms with E-state index in [1.807, 2.05) is 30.3 Å². The Morgan fingerprint density at radius 3 is 2.18 bits per heavy atom. The van der Waals surface area contributed by atoms with Crippen molar-refractivity contribution in [3.63, 3.8) is 0 Å². The molecule has 10 nitrogen and oxygen atoms in total. The van der Waals surface area contributed by atoms with Gasteiger partial charge >= 0.3 is 6.09 Å². The second kappa shape index (κ2) is 10.9. The van der Waals surface area contributed by atoms with Crippen LogP contribution < -0.4 is 14.8 Å². The van der Waals surface area contributed by atoms with E-state index < -0.39 is 30.0 Å². The number of likely N-dealkylation sites (tertiary alicyclic amines) is 1. The molecule has 0 bridgehead atoms. The molecule has 2 aliphatic heterocycles. The Balaban J connectivity index is 1.35. The molecule has 1 N–H and O–H groups in total. The van der Waals surface area contributed by atoms with Crippen molar-refractivity contribution < 1.29 is 33.4 Å². The van der Waals surface area contributed by atoms with Gasteiger partial charge in [-0.05, 0) is 29.8 Å². The van der Waals surface area contributed by atoms with E-state index in [1.165, 1.54) is 12.0 Å². The predicted molar refractivity (Wildman–Crippen MR) is 139 cm³/mol. The van der Waals surface area contributed by atoms with Gasteiger partial charge in [0.2, 0.25) is 5.91 Å². The fraction of sp³-hybridized carbons (Fsp3) is 0.241. The summed E-state index contributed by atoms with van der Waals surface area (Å²) in [6, 6.07) is 19.3. The second-order valence-electron chi connectivity index (χ2n) is 9.16. The Labute approximate surface area is 225 Å². The van der Waals surface area contributed by atoms with Gasteiger partial charge in [0, 0.05) is 18.2 Å². The van der Waals surface area contributed by atoms with Gasteiger partial charge in [-0.25, -0.2) is 4.79 Å². The molecule has 3 aromatic carbocycles. The number of hydrogen-bond acceptors (Lipinski definition) is 7. The van der Waals surface area contributed by atoms with E-state index in [2.05, 4.69) is 5.32 Å². The van der Waals surface area contributed by atoms with Crippen molar-refractivity contribution in [3.05, 3.63) is 95.1 Å². The van der Waals surface area contributed by atoms with Crippen LogP contribution in [0.4, 0.5) is 4.79 Å². The summed E-state index contributed by atoms with van der Waals surface area (Å²) in [5.74, 6) is -0.148. The van der Waals surface area contributed by atoms with Gasteiger partial charge in [0.05, 0.1) is 37.9 Å². The lowest BCUT2D eigenvalue weighted by Gasteiger charge is -2.48. The Morgan fingerprint density at radius 2 is 1.54 bits per heavy atom. The third-order valence-electron chi connectivity index (χ3n) is 6.90. The zero-order valence-corrected chi connectivity index (χ0v) is 21.5. The number of amides is 4. The molecule has 0 aromatic heterocycles.